The molecule has 0 spiro atoms. The third-order valence-electron chi connectivity index (χ3n) is 1.90. The van der Waals surface area contributed by atoms with Crippen LogP contribution >= 0.6 is 0 Å². The molecule has 0 aromatic carbocycles. The lowest BCUT2D eigenvalue weighted by atomic mass is 9.97. The summed E-state index contributed by atoms with van der Waals surface area (Å²) < 4.78 is 0. The standard InChI is InChI=1S/C10H20N4/c1-8(2)9-13(6)11-12-14(9)7-10(3,4)5/h7H2,1-6H3. The van der Waals surface area contributed by atoms with Gasteiger partial charge in [0, 0.05) is 13.6 Å². The van der Waals surface area contributed by atoms with Crippen molar-refractivity contribution in [1.82, 2.24) is 10.0 Å². The van der Waals surface area contributed by atoms with Crippen LogP contribution in [-0.4, -0.2) is 23.6 Å². The fourth-order valence-electron chi connectivity index (χ4n) is 1.50. The van der Waals surface area contributed by atoms with Gasteiger partial charge < -0.3 is 0 Å². The number of rotatable bonds is 1. The maximum Gasteiger partial charge on any atom is 0.147 e. The van der Waals surface area contributed by atoms with E-state index in [1.165, 1.54) is 5.57 Å². The normalized spacial score (nSPS) is 16.9. The van der Waals surface area contributed by atoms with Crippen molar-refractivity contribution in [1.29, 1.82) is 0 Å². The van der Waals surface area contributed by atoms with E-state index in [9.17, 15) is 0 Å². The Hall–Kier alpha value is -1.06. The molecule has 0 saturated carbocycles. The maximum absolute atomic E-state index is 4.13. The third kappa shape index (κ3) is 2.47. The van der Waals surface area contributed by atoms with E-state index < -0.39 is 0 Å². The minimum absolute atomic E-state index is 0.227. The molecule has 1 rings (SSSR count). The lowest BCUT2D eigenvalue weighted by molar-refractivity contribution is 0.228. The highest BCUT2D eigenvalue weighted by molar-refractivity contribution is 5.08. The Labute approximate surface area is 86.2 Å². The predicted octanol–water partition coefficient (Wildman–Crippen LogP) is 2.81. The van der Waals surface area contributed by atoms with E-state index in [4.69, 9.17) is 0 Å². The zero-order chi connectivity index (χ0) is 10.9. The first-order chi connectivity index (χ1) is 6.31. The van der Waals surface area contributed by atoms with Gasteiger partial charge in [-0.2, -0.15) is 0 Å². The summed E-state index contributed by atoms with van der Waals surface area (Å²) in [6, 6.07) is 0. The molecule has 4 heteroatoms. The Morgan fingerprint density at radius 3 is 2.21 bits per heavy atom. The van der Waals surface area contributed by atoms with Gasteiger partial charge in [0.05, 0.1) is 0 Å². The second-order valence-corrected chi connectivity index (χ2v) is 5.14. The van der Waals surface area contributed by atoms with Crippen LogP contribution in [-0.2, 0) is 0 Å². The molecular weight excluding hydrogens is 176 g/mol. The minimum atomic E-state index is 0.227. The summed E-state index contributed by atoms with van der Waals surface area (Å²) in [5, 5.41) is 12.0. The summed E-state index contributed by atoms with van der Waals surface area (Å²) in [6.45, 7) is 11.6. The molecule has 14 heavy (non-hydrogen) atoms. The SMILES string of the molecule is CC(C)=C1N(C)N=NN1CC(C)(C)C. The van der Waals surface area contributed by atoms with Crippen molar-refractivity contribution in [2.24, 2.45) is 15.9 Å². The Kier molecular flexibility index (Phi) is 2.83. The Morgan fingerprint density at radius 2 is 1.79 bits per heavy atom. The van der Waals surface area contributed by atoms with Crippen molar-refractivity contribution < 1.29 is 0 Å². The molecular formula is C10H20N4. The van der Waals surface area contributed by atoms with Crippen LogP contribution in [0.1, 0.15) is 34.6 Å². The van der Waals surface area contributed by atoms with E-state index in [1.54, 1.807) is 0 Å². The van der Waals surface area contributed by atoms with Crippen LogP contribution in [0.2, 0.25) is 0 Å². The van der Waals surface area contributed by atoms with Gasteiger partial charge in [-0.25, -0.2) is 10.0 Å². The second kappa shape index (κ2) is 3.59. The van der Waals surface area contributed by atoms with E-state index in [0.29, 0.717) is 0 Å². The molecule has 0 aliphatic carbocycles. The predicted molar refractivity (Wildman–Crippen MR) is 57.2 cm³/mol. The Morgan fingerprint density at radius 1 is 1.21 bits per heavy atom. The molecule has 0 aromatic rings. The summed E-state index contributed by atoms with van der Waals surface area (Å²) >= 11 is 0. The molecule has 0 saturated heterocycles. The van der Waals surface area contributed by atoms with Gasteiger partial charge >= 0.3 is 0 Å². The largest absolute Gasteiger partial charge is 0.231 e. The van der Waals surface area contributed by atoms with Gasteiger partial charge in [-0.05, 0) is 35.3 Å². The molecule has 1 aliphatic heterocycles. The van der Waals surface area contributed by atoms with Crippen molar-refractivity contribution in [2.45, 2.75) is 34.6 Å². The van der Waals surface area contributed by atoms with Gasteiger partial charge in [-0.1, -0.05) is 20.8 Å². The van der Waals surface area contributed by atoms with Crippen LogP contribution < -0.4 is 0 Å². The highest BCUT2D eigenvalue weighted by Gasteiger charge is 2.25. The molecule has 0 unspecified atom stereocenters. The van der Waals surface area contributed by atoms with E-state index in [0.717, 1.165) is 12.4 Å². The highest BCUT2D eigenvalue weighted by atomic mass is 15.8. The minimum Gasteiger partial charge on any atom is -0.231 e. The van der Waals surface area contributed by atoms with Crippen molar-refractivity contribution >= 4 is 0 Å². The number of nitrogens with zero attached hydrogens (tertiary/aromatic N) is 4. The fraction of sp³-hybridized carbons (Fsp3) is 0.800. The molecule has 80 valence electrons. The van der Waals surface area contributed by atoms with E-state index in [1.807, 2.05) is 17.1 Å². The molecule has 0 N–H and O–H groups in total. The van der Waals surface area contributed by atoms with Crippen LogP contribution in [0.3, 0.4) is 0 Å². The van der Waals surface area contributed by atoms with Crippen molar-refractivity contribution in [2.75, 3.05) is 13.6 Å². The smallest absolute Gasteiger partial charge is 0.147 e. The molecule has 0 fully saturated rings. The zero-order valence-corrected chi connectivity index (χ0v) is 10.00. The van der Waals surface area contributed by atoms with Gasteiger partial charge in [0.25, 0.3) is 0 Å². The summed E-state index contributed by atoms with van der Waals surface area (Å²) in [4.78, 5) is 0. The number of hydrogen-bond acceptors (Lipinski definition) is 4. The van der Waals surface area contributed by atoms with Crippen LogP contribution in [0.5, 0.6) is 0 Å². The van der Waals surface area contributed by atoms with Gasteiger partial charge in [-0.3, -0.25) is 0 Å². The van der Waals surface area contributed by atoms with Crippen LogP contribution in [0.15, 0.2) is 21.8 Å². The lowest BCUT2D eigenvalue weighted by Gasteiger charge is -2.26. The molecule has 1 aliphatic rings. The summed E-state index contributed by atoms with van der Waals surface area (Å²) in [6.07, 6.45) is 0. The molecule has 0 atom stereocenters. The summed E-state index contributed by atoms with van der Waals surface area (Å²) in [7, 11) is 1.93. The molecule has 4 nitrogen and oxygen atoms in total. The number of allylic oxidation sites excluding steroid dienone is 1. The van der Waals surface area contributed by atoms with Gasteiger partial charge in [-0.15, -0.1) is 0 Å². The zero-order valence-electron chi connectivity index (χ0n) is 10.00. The topological polar surface area (TPSA) is 31.2 Å². The van der Waals surface area contributed by atoms with Gasteiger partial charge in [0.1, 0.15) is 5.82 Å². The second-order valence-electron chi connectivity index (χ2n) is 5.14. The Balaban J connectivity index is 2.81. The fourth-order valence-corrected chi connectivity index (χ4v) is 1.50. The van der Waals surface area contributed by atoms with Crippen LogP contribution in [0.25, 0.3) is 0 Å². The molecule has 1 heterocycles. The van der Waals surface area contributed by atoms with Gasteiger partial charge in [0.15, 0.2) is 0 Å². The first-order valence-corrected chi connectivity index (χ1v) is 4.91. The summed E-state index contributed by atoms with van der Waals surface area (Å²) in [5.41, 5.74) is 1.46. The molecule has 0 amide bonds. The first-order valence-electron chi connectivity index (χ1n) is 4.91. The Bertz CT molecular complexity index is 268. The monoisotopic (exact) mass is 196 g/mol. The molecule has 0 radical (unpaired) electrons. The molecule has 0 aromatic heterocycles. The maximum atomic E-state index is 4.13. The molecule has 0 bridgehead atoms. The van der Waals surface area contributed by atoms with Crippen LogP contribution in [0.4, 0.5) is 0 Å². The van der Waals surface area contributed by atoms with E-state index >= 15 is 0 Å². The van der Waals surface area contributed by atoms with Crippen LogP contribution in [0, 0.1) is 5.41 Å². The summed E-state index contributed by atoms with van der Waals surface area (Å²) in [5.74, 6) is 1.10. The van der Waals surface area contributed by atoms with Crippen molar-refractivity contribution in [3.05, 3.63) is 11.4 Å². The quantitative estimate of drug-likeness (QED) is 0.645. The lowest BCUT2D eigenvalue weighted by Crippen LogP contribution is -2.29. The number of hydrogen-bond donors (Lipinski definition) is 0. The average molecular weight is 196 g/mol. The first kappa shape index (κ1) is 11.0. The van der Waals surface area contributed by atoms with Crippen molar-refractivity contribution in [3.8, 4) is 0 Å². The third-order valence-corrected chi connectivity index (χ3v) is 1.90. The van der Waals surface area contributed by atoms with E-state index in [2.05, 4.69) is 45.1 Å². The van der Waals surface area contributed by atoms with E-state index in [-0.39, 0.29) is 5.41 Å². The van der Waals surface area contributed by atoms with Crippen molar-refractivity contribution in [3.63, 3.8) is 0 Å². The van der Waals surface area contributed by atoms with Gasteiger partial charge in [0.2, 0.25) is 0 Å². The average Bonchev–Trinajstić information content (AvgIpc) is 2.27. The highest BCUT2D eigenvalue weighted by Crippen LogP contribution is 2.26.